The van der Waals surface area contributed by atoms with E-state index in [0.717, 1.165) is 16.5 Å². The molecular formula is C17H15ClN4O. The summed E-state index contributed by atoms with van der Waals surface area (Å²) in [6, 6.07) is 14.4. The van der Waals surface area contributed by atoms with Crippen LogP contribution in [0.1, 0.15) is 5.56 Å². The van der Waals surface area contributed by atoms with Crippen LogP contribution in [0.3, 0.4) is 0 Å². The monoisotopic (exact) mass is 326 g/mol. The van der Waals surface area contributed by atoms with Crippen molar-refractivity contribution in [3.63, 3.8) is 0 Å². The fraction of sp³-hybridized carbons (Fsp3) is 0.0588. The number of amides is 2. The molecule has 0 bridgehead atoms. The smallest absolute Gasteiger partial charge is 0.339 e. The average molecular weight is 327 g/mol. The van der Waals surface area contributed by atoms with Crippen LogP contribution in [0.2, 0.25) is 5.02 Å². The van der Waals surface area contributed by atoms with Gasteiger partial charge in [-0.1, -0.05) is 29.8 Å². The van der Waals surface area contributed by atoms with Gasteiger partial charge in [0.05, 0.1) is 6.21 Å². The zero-order chi connectivity index (χ0) is 16.2. The molecule has 116 valence electrons. The molecule has 3 aromatic rings. The molecule has 0 saturated carbocycles. The second-order valence-corrected chi connectivity index (χ2v) is 5.48. The summed E-state index contributed by atoms with van der Waals surface area (Å²) >= 11 is 5.80. The van der Waals surface area contributed by atoms with E-state index in [0.29, 0.717) is 10.7 Å². The van der Waals surface area contributed by atoms with Crippen molar-refractivity contribution in [3.05, 3.63) is 65.3 Å². The minimum absolute atomic E-state index is 0.413. The lowest BCUT2D eigenvalue weighted by Gasteiger charge is -2.03. The molecule has 0 fully saturated rings. The van der Waals surface area contributed by atoms with Gasteiger partial charge < -0.3 is 9.88 Å². The lowest BCUT2D eigenvalue weighted by molar-refractivity contribution is 0.252. The molecule has 0 atom stereocenters. The molecular weight excluding hydrogens is 312 g/mol. The number of halogens is 1. The van der Waals surface area contributed by atoms with Gasteiger partial charge in [0.1, 0.15) is 0 Å². The molecule has 0 saturated heterocycles. The number of hydrogen-bond acceptors (Lipinski definition) is 2. The van der Waals surface area contributed by atoms with Gasteiger partial charge in [0.2, 0.25) is 0 Å². The van der Waals surface area contributed by atoms with Crippen molar-refractivity contribution in [2.24, 2.45) is 12.1 Å². The number of nitrogens with one attached hydrogen (secondary N) is 2. The van der Waals surface area contributed by atoms with E-state index in [2.05, 4.69) is 15.8 Å². The third kappa shape index (κ3) is 3.52. The van der Waals surface area contributed by atoms with Crippen LogP contribution in [-0.2, 0) is 7.05 Å². The number of para-hydroxylation sites is 1. The summed E-state index contributed by atoms with van der Waals surface area (Å²) in [5, 5.41) is 8.36. The summed E-state index contributed by atoms with van der Waals surface area (Å²) in [7, 11) is 1.97. The van der Waals surface area contributed by atoms with Gasteiger partial charge in [-0.25, -0.2) is 10.2 Å². The molecule has 0 aliphatic heterocycles. The molecule has 2 aromatic carbocycles. The van der Waals surface area contributed by atoms with Crippen molar-refractivity contribution in [2.75, 3.05) is 5.32 Å². The fourth-order valence-corrected chi connectivity index (χ4v) is 2.45. The first-order chi connectivity index (χ1) is 11.1. The Labute approximate surface area is 138 Å². The van der Waals surface area contributed by atoms with Gasteiger partial charge >= 0.3 is 6.03 Å². The Morgan fingerprint density at radius 3 is 2.70 bits per heavy atom. The van der Waals surface area contributed by atoms with E-state index in [1.54, 1.807) is 30.5 Å². The maximum absolute atomic E-state index is 11.8. The van der Waals surface area contributed by atoms with E-state index in [1.165, 1.54) is 0 Å². The highest BCUT2D eigenvalue weighted by Crippen LogP contribution is 2.18. The van der Waals surface area contributed by atoms with E-state index < -0.39 is 6.03 Å². The van der Waals surface area contributed by atoms with Crippen molar-refractivity contribution >= 4 is 40.4 Å². The normalized spacial score (nSPS) is 11.0. The quantitative estimate of drug-likeness (QED) is 0.555. The number of hydrazone groups is 1. The Balaban J connectivity index is 1.66. The van der Waals surface area contributed by atoms with Crippen LogP contribution >= 0.6 is 11.6 Å². The number of anilines is 1. The lowest BCUT2D eigenvalue weighted by Crippen LogP contribution is -2.24. The molecule has 1 aromatic heterocycles. The van der Waals surface area contributed by atoms with E-state index in [1.807, 2.05) is 42.1 Å². The highest BCUT2D eigenvalue weighted by atomic mass is 35.5. The Morgan fingerprint density at radius 1 is 1.17 bits per heavy atom. The number of rotatable bonds is 3. The molecule has 3 rings (SSSR count). The Morgan fingerprint density at radius 2 is 1.91 bits per heavy atom. The number of urea groups is 1. The molecule has 0 aliphatic rings. The molecule has 2 amide bonds. The fourth-order valence-electron chi connectivity index (χ4n) is 2.33. The predicted molar refractivity (Wildman–Crippen MR) is 94.1 cm³/mol. The van der Waals surface area contributed by atoms with Crippen molar-refractivity contribution in [2.45, 2.75) is 0 Å². The Kier molecular flexibility index (Phi) is 4.30. The minimum Gasteiger partial charge on any atom is -0.350 e. The number of carbonyl (C=O) groups excluding carboxylic acids is 1. The lowest BCUT2D eigenvalue weighted by atomic mass is 10.2. The van der Waals surface area contributed by atoms with Gasteiger partial charge in [-0.05, 0) is 30.3 Å². The first-order valence-corrected chi connectivity index (χ1v) is 7.41. The number of carbonyl (C=O) groups is 1. The molecule has 0 spiro atoms. The average Bonchev–Trinajstić information content (AvgIpc) is 2.87. The molecule has 0 aliphatic carbocycles. The number of aryl methyl sites for hydroxylation is 1. The molecule has 1 heterocycles. The summed E-state index contributed by atoms with van der Waals surface area (Å²) in [6.07, 6.45) is 3.59. The first kappa shape index (κ1) is 15.1. The number of fused-ring (bicyclic) bond motifs is 1. The molecule has 6 heteroatoms. The standard InChI is InChI=1S/C17H15ClN4O/c1-22-11-12(15-4-2-3-5-16(15)22)10-19-21-17(23)20-14-8-6-13(18)7-9-14/h2-11H,1H3,(H2,20,21,23)/b19-10-. The van der Waals surface area contributed by atoms with Crippen LogP contribution in [-0.4, -0.2) is 16.8 Å². The second kappa shape index (κ2) is 6.54. The van der Waals surface area contributed by atoms with Crippen LogP contribution in [0, 0.1) is 0 Å². The molecule has 0 radical (unpaired) electrons. The number of hydrogen-bond donors (Lipinski definition) is 2. The van der Waals surface area contributed by atoms with Crippen molar-refractivity contribution in [3.8, 4) is 0 Å². The summed E-state index contributed by atoms with van der Waals surface area (Å²) in [4.78, 5) is 11.8. The largest absolute Gasteiger partial charge is 0.350 e. The Hall–Kier alpha value is -2.79. The van der Waals surface area contributed by atoms with Gasteiger partial charge in [0, 0.05) is 40.4 Å². The van der Waals surface area contributed by atoms with Gasteiger partial charge in [-0.3, -0.25) is 0 Å². The van der Waals surface area contributed by atoms with Crippen LogP contribution in [0.15, 0.2) is 59.8 Å². The SMILES string of the molecule is Cn1cc(/C=N\NC(=O)Nc2ccc(Cl)cc2)c2ccccc21. The van der Waals surface area contributed by atoms with Crippen LogP contribution < -0.4 is 10.7 Å². The predicted octanol–water partition coefficient (Wildman–Crippen LogP) is 3.99. The van der Waals surface area contributed by atoms with E-state index in [-0.39, 0.29) is 0 Å². The highest BCUT2D eigenvalue weighted by molar-refractivity contribution is 6.30. The zero-order valence-corrected chi connectivity index (χ0v) is 13.2. The highest BCUT2D eigenvalue weighted by Gasteiger charge is 2.04. The van der Waals surface area contributed by atoms with Crippen molar-refractivity contribution in [1.29, 1.82) is 0 Å². The number of aromatic nitrogens is 1. The summed E-state index contributed by atoms with van der Waals surface area (Å²) < 4.78 is 2.02. The van der Waals surface area contributed by atoms with E-state index >= 15 is 0 Å². The number of nitrogens with zero attached hydrogens (tertiary/aromatic N) is 2. The van der Waals surface area contributed by atoms with Gasteiger partial charge in [0.25, 0.3) is 0 Å². The summed E-state index contributed by atoms with van der Waals surface area (Å²) in [5.41, 5.74) is 5.14. The summed E-state index contributed by atoms with van der Waals surface area (Å²) in [5.74, 6) is 0. The molecule has 23 heavy (non-hydrogen) atoms. The van der Waals surface area contributed by atoms with Gasteiger partial charge in [-0.2, -0.15) is 5.10 Å². The third-order valence-electron chi connectivity index (χ3n) is 3.40. The van der Waals surface area contributed by atoms with Crippen LogP contribution in [0.5, 0.6) is 0 Å². The zero-order valence-electron chi connectivity index (χ0n) is 12.5. The van der Waals surface area contributed by atoms with Gasteiger partial charge in [-0.15, -0.1) is 0 Å². The molecule has 2 N–H and O–H groups in total. The third-order valence-corrected chi connectivity index (χ3v) is 3.65. The van der Waals surface area contributed by atoms with Gasteiger partial charge in [0.15, 0.2) is 0 Å². The maximum Gasteiger partial charge on any atom is 0.339 e. The second-order valence-electron chi connectivity index (χ2n) is 5.04. The Bertz CT molecular complexity index is 868. The first-order valence-electron chi connectivity index (χ1n) is 7.03. The summed E-state index contributed by atoms with van der Waals surface area (Å²) in [6.45, 7) is 0. The number of benzene rings is 2. The molecule has 0 unspecified atom stereocenters. The van der Waals surface area contributed by atoms with E-state index in [9.17, 15) is 4.79 Å². The van der Waals surface area contributed by atoms with Crippen molar-refractivity contribution in [1.82, 2.24) is 9.99 Å². The molecule has 5 nitrogen and oxygen atoms in total. The topological polar surface area (TPSA) is 58.4 Å². The van der Waals surface area contributed by atoms with Crippen molar-refractivity contribution < 1.29 is 4.79 Å². The van der Waals surface area contributed by atoms with E-state index in [4.69, 9.17) is 11.6 Å². The minimum atomic E-state index is -0.413. The van der Waals surface area contributed by atoms with Crippen LogP contribution in [0.25, 0.3) is 10.9 Å². The van der Waals surface area contributed by atoms with Crippen LogP contribution in [0.4, 0.5) is 10.5 Å². The maximum atomic E-state index is 11.8.